The summed E-state index contributed by atoms with van der Waals surface area (Å²) in [7, 11) is 0. The largest absolute Gasteiger partial charge is 0.480 e. The number of hydrogen-bond donors (Lipinski definition) is 2. The fraction of sp³-hybridized carbons (Fsp3) is 0.200. The lowest BCUT2D eigenvalue weighted by Crippen LogP contribution is -2.11. The highest BCUT2D eigenvalue weighted by Crippen LogP contribution is 2.18. The number of carboxylic acids is 1. The summed E-state index contributed by atoms with van der Waals surface area (Å²) in [6.45, 7) is -0.0973. The van der Waals surface area contributed by atoms with Gasteiger partial charge < -0.3 is 10.4 Å². The number of rotatable bonds is 3. The number of carbonyl (C=O) groups is 1. The minimum absolute atomic E-state index is 0.0973. The summed E-state index contributed by atoms with van der Waals surface area (Å²) in [6, 6.07) is 0. The highest BCUT2D eigenvalue weighted by molar-refractivity contribution is 9.10. The van der Waals surface area contributed by atoms with Crippen LogP contribution >= 0.6 is 27.3 Å². The third kappa shape index (κ3) is 2.85. The van der Waals surface area contributed by atoms with Gasteiger partial charge in [-0.05, 0) is 15.9 Å². The molecule has 0 bridgehead atoms. The van der Waals surface area contributed by atoms with E-state index in [-0.39, 0.29) is 6.54 Å². The molecule has 1 rings (SSSR count). The molecule has 0 spiro atoms. The quantitative estimate of drug-likeness (QED) is 0.834. The van der Waals surface area contributed by atoms with Gasteiger partial charge in [0.2, 0.25) is 0 Å². The van der Waals surface area contributed by atoms with Crippen molar-refractivity contribution in [1.82, 2.24) is 4.98 Å². The average molecular weight is 237 g/mol. The molecule has 0 aliphatic heterocycles. The maximum atomic E-state index is 10.1. The Bertz CT molecular complexity index is 263. The fourth-order valence-electron chi connectivity index (χ4n) is 0.487. The van der Waals surface area contributed by atoms with Crippen molar-refractivity contribution in [2.24, 2.45) is 0 Å². The standard InChI is InChI=1S/C5H5BrN2O2S/c6-3-2-11-5(8-3)7-1-4(9)10/h2H,1H2,(H,7,8)(H,9,10). The molecule has 60 valence electrons. The Balaban J connectivity index is 2.45. The van der Waals surface area contributed by atoms with Crippen LogP contribution in [0.5, 0.6) is 0 Å². The molecule has 0 aromatic carbocycles. The van der Waals surface area contributed by atoms with Gasteiger partial charge in [-0.25, -0.2) is 4.98 Å². The van der Waals surface area contributed by atoms with E-state index in [1.807, 2.05) is 0 Å². The monoisotopic (exact) mass is 236 g/mol. The number of anilines is 1. The lowest BCUT2D eigenvalue weighted by molar-refractivity contribution is -0.134. The number of halogens is 1. The Morgan fingerprint density at radius 2 is 2.64 bits per heavy atom. The van der Waals surface area contributed by atoms with E-state index in [9.17, 15) is 4.79 Å². The predicted octanol–water partition coefficient (Wildman–Crippen LogP) is 1.40. The van der Waals surface area contributed by atoms with Crippen molar-refractivity contribution < 1.29 is 9.90 Å². The molecule has 0 atom stereocenters. The molecule has 1 heterocycles. The fourth-order valence-corrected chi connectivity index (χ4v) is 1.63. The maximum absolute atomic E-state index is 10.1. The number of thiazole rings is 1. The van der Waals surface area contributed by atoms with Crippen molar-refractivity contribution in [3.05, 3.63) is 9.98 Å². The summed E-state index contributed by atoms with van der Waals surface area (Å²) >= 11 is 4.51. The SMILES string of the molecule is O=C(O)CNc1nc(Br)cs1. The van der Waals surface area contributed by atoms with E-state index < -0.39 is 5.97 Å². The van der Waals surface area contributed by atoms with Gasteiger partial charge in [0.15, 0.2) is 5.13 Å². The molecular weight excluding hydrogens is 232 g/mol. The van der Waals surface area contributed by atoms with Gasteiger partial charge in [0.05, 0.1) is 0 Å². The highest BCUT2D eigenvalue weighted by atomic mass is 79.9. The Morgan fingerprint density at radius 3 is 3.09 bits per heavy atom. The minimum atomic E-state index is -0.892. The Labute approximate surface area is 75.4 Å². The summed E-state index contributed by atoms with van der Waals surface area (Å²) in [6.07, 6.45) is 0. The van der Waals surface area contributed by atoms with Gasteiger partial charge >= 0.3 is 5.97 Å². The summed E-state index contributed by atoms with van der Waals surface area (Å²) in [5.74, 6) is -0.892. The number of hydrogen-bond acceptors (Lipinski definition) is 4. The van der Waals surface area contributed by atoms with E-state index in [0.717, 1.165) is 4.60 Å². The Morgan fingerprint density at radius 1 is 1.91 bits per heavy atom. The van der Waals surface area contributed by atoms with Crippen LogP contribution in [0.3, 0.4) is 0 Å². The normalized spacial score (nSPS) is 9.55. The van der Waals surface area contributed by atoms with Crippen LogP contribution in [0.1, 0.15) is 0 Å². The lowest BCUT2D eigenvalue weighted by atomic mass is 10.7. The molecule has 0 radical (unpaired) electrons. The second-order valence-corrected chi connectivity index (χ2v) is 3.39. The van der Waals surface area contributed by atoms with Gasteiger partial charge in [0.1, 0.15) is 11.1 Å². The summed E-state index contributed by atoms with van der Waals surface area (Å²) < 4.78 is 0.718. The zero-order chi connectivity index (χ0) is 8.27. The molecular formula is C5H5BrN2O2S. The third-order valence-corrected chi connectivity index (χ3v) is 2.38. The van der Waals surface area contributed by atoms with Crippen molar-refractivity contribution in [1.29, 1.82) is 0 Å². The molecule has 0 aliphatic rings. The molecule has 4 nitrogen and oxygen atoms in total. The van der Waals surface area contributed by atoms with Crippen LogP contribution in [-0.4, -0.2) is 22.6 Å². The van der Waals surface area contributed by atoms with Crippen LogP contribution < -0.4 is 5.32 Å². The van der Waals surface area contributed by atoms with Crippen molar-refractivity contribution in [3.8, 4) is 0 Å². The molecule has 0 aliphatic carbocycles. The minimum Gasteiger partial charge on any atom is -0.480 e. The van der Waals surface area contributed by atoms with E-state index in [4.69, 9.17) is 5.11 Å². The lowest BCUT2D eigenvalue weighted by Gasteiger charge is -1.94. The van der Waals surface area contributed by atoms with E-state index in [0.29, 0.717) is 5.13 Å². The second-order valence-electron chi connectivity index (χ2n) is 1.72. The molecule has 0 fully saturated rings. The van der Waals surface area contributed by atoms with E-state index in [1.54, 1.807) is 5.38 Å². The molecule has 11 heavy (non-hydrogen) atoms. The second kappa shape index (κ2) is 3.68. The number of nitrogens with one attached hydrogen (secondary N) is 1. The summed E-state index contributed by atoms with van der Waals surface area (Å²) in [5.41, 5.74) is 0. The molecule has 0 unspecified atom stereocenters. The molecule has 1 aromatic heterocycles. The van der Waals surface area contributed by atoms with Gasteiger partial charge in [0.25, 0.3) is 0 Å². The van der Waals surface area contributed by atoms with Crippen LogP contribution in [0.2, 0.25) is 0 Å². The van der Waals surface area contributed by atoms with Crippen molar-refractivity contribution in [2.45, 2.75) is 0 Å². The van der Waals surface area contributed by atoms with E-state index >= 15 is 0 Å². The highest BCUT2D eigenvalue weighted by Gasteiger charge is 2.00. The molecule has 0 saturated heterocycles. The summed E-state index contributed by atoms with van der Waals surface area (Å²) in [4.78, 5) is 14.0. The molecule has 2 N–H and O–H groups in total. The molecule has 6 heteroatoms. The topological polar surface area (TPSA) is 62.2 Å². The number of aromatic nitrogens is 1. The van der Waals surface area contributed by atoms with E-state index in [1.165, 1.54) is 11.3 Å². The smallest absolute Gasteiger partial charge is 0.322 e. The zero-order valence-corrected chi connectivity index (χ0v) is 7.78. The van der Waals surface area contributed by atoms with Crippen LogP contribution in [0.15, 0.2) is 9.98 Å². The van der Waals surface area contributed by atoms with Crippen molar-refractivity contribution in [3.63, 3.8) is 0 Å². The zero-order valence-electron chi connectivity index (χ0n) is 5.37. The van der Waals surface area contributed by atoms with Crippen LogP contribution in [-0.2, 0) is 4.79 Å². The number of nitrogens with zero attached hydrogens (tertiary/aromatic N) is 1. The van der Waals surface area contributed by atoms with Crippen LogP contribution in [0.4, 0.5) is 5.13 Å². The number of carboxylic acid groups (broad SMARTS) is 1. The first-order valence-corrected chi connectivity index (χ1v) is 4.42. The average Bonchev–Trinajstić information content (AvgIpc) is 2.31. The first kappa shape index (κ1) is 8.48. The van der Waals surface area contributed by atoms with Gasteiger partial charge in [-0.1, -0.05) is 0 Å². The van der Waals surface area contributed by atoms with Crippen molar-refractivity contribution in [2.75, 3.05) is 11.9 Å². The third-order valence-electron chi connectivity index (χ3n) is 0.867. The molecule has 0 saturated carbocycles. The maximum Gasteiger partial charge on any atom is 0.322 e. The van der Waals surface area contributed by atoms with Crippen LogP contribution in [0.25, 0.3) is 0 Å². The number of aliphatic carboxylic acids is 1. The van der Waals surface area contributed by atoms with Gasteiger partial charge in [0, 0.05) is 5.38 Å². The van der Waals surface area contributed by atoms with E-state index in [2.05, 4.69) is 26.2 Å². The first-order valence-electron chi connectivity index (χ1n) is 2.75. The Hall–Kier alpha value is -0.620. The van der Waals surface area contributed by atoms with Gasteiger partial charge in [-0.2, -0.15) is 0 Å². The predicted molar refractivity (Wildman–Crippen MR) is 45.9 cm³/mol. The Kier molecular flexibility index (Phi) is 2.84. The first-order chi connectivity index (χ1) is 5.18. The summed E-state index contributed by atoms with van der Waals surface area (Å²) in [5, 5.41) is 13.3. The molecule has 0 amide bonds. The molecule has 1 aromatic rings. The van der Waals surface area contributed by atoms with Crippen molar-refractivity contribution >= 4 is 38.4 Å². The van der Waals surface area contributed by atoms with Gasteiger partial charge in [-0.15, -0.1) is 11.3 Å². The van der Waals surface area contributed by atoms with Crippen LogP contribution in [0, 0.1) is 0 Å². The van der Waals surface area contributed by atoms with Gasteiger partial charge in [-0.3, -0.25) is 4.79 Å².